The van der Waals surface area contributed by atoms with Gasteiger partial charge in [-0.1, -0.05) is 38.6 Å². The van der Waals surface area contributed by atoms with Gasteiger partial charge in [0.15, 0.2) is 0 Å². The largest absolute Gasteiger partial charge is 0.374 e. The Morgan fingerprint density at radius 2 is 2.00 bits per heavy atom. The average Bonchev–Trinajstić information content (AvgIpc) is 2.20. The highest BCUT2D eigenvalue weighted by Crippen LogP contribution is 2.20. The molecule has 0 aromatic heterocycles. The van der Waals surface area contributed by atoms with Gasteiger partial charge in [-0.25, -0.2) is 0 Å². The zero-order valence-electron chi connectivity index (χ0n) is 11.2. The molecular weight excluding hydrogens is 194 g/mol. The number of hydrogen-bond acceptors (Lipinski definition) is 1. The summed E-state index contributed by atoms with van der Waals surface area (Å²) in [5.41, 5.74) is 5.28. The summed E-state index contributed by atoms with van der Waals surface area (Å²) in [5.74, 6) is 0.592. The molecule has 0 unspecified atom stereocenters. The van der Waals surface area contributed by atoms with Gasteiger partial charge in [0.1, 0.15) is 0 Å². The van der Waals surface area contributed by atoms with Crippen LogP contribution in [0.15, 0.2) is 30.5 Å². The Morgan fingerprint density at radius 3 is 2.50 bits per heavy atom. The first-order valence-electron chi connectivity index (χ1n) is 5.88. The third-order valence-corrected chi connectivity index (χ3v) is 3.10. The molecule has 0 saturated heterocycles. The maximum atomic E-state index is 3.96. The third kappa shape index (κ3) is 3.13. The Morgan fingerprint density at radius 1 is 1.38 bits per heavy atom. The van der Waals surface area contributed by atoms with Crippen LogP contribution in [0.4, 0.5) is 0 Å². The average molecular weight is 217 g/mol. The van der Waals surface area contributed by atoms with Crippen molar-refractivity contribution >= 4 is 0 Å². The molecular formula is C15H23N. The van der Waals surface area contributed by atoms with Gasteiger partial charge in [0.05, 0.1) is 0 Å². The monoisotopic (exact) mass is 217 g/mol. The lowest BCUT2D eigenvalue weighted by molar-refractivity contribution is 0.413. The van der Waals surface area contributed by atoms with E-state index in [4.69, 9.17) is 0 Å². The molecule has 88 valence electrons. The molecule has 0 atom stereocenters. The fourth-order valence-electron chi connectivity index (χ4n) is 1.61. The van der Waals surface area contributed by atoms with E-state index in [1.54, 1.807) is 0 Å². The predicted molar refractivity (Wildman–Crippen MR) is 71.5 cm³/mol. The smallest absolute Gasteiger partial charge is 0.0425 e. The fraction of sp³-hybridized carbons (Fsp3) is 0.467. The van der Waals surface area contributed by atoms with Crippen molar-refractivity contribution in [1.29, 1.82) is 0 Å². The summed E-state index contributed by atoms with van der Waals surface area (Å²) in [6.45, 7) is 13.6. The van der Waals surface area contributed by atoms with Gasteiger partial charge < -0.3 is 4.90 Å². The number of benzene rings is 1. The highest BCUT2D eigenvalue weighted by molar-refractivity contribution is 5.32. The maximum absolute atomic E-state index is 3.96. The zero-order valence-corrected chi connectivity index (χ0v) is 11.2. The summed E-state index contributed by atoms with van der Waals surface area (Å²) in [5, 5.41) is 0. The minimum atomic E-state index is 0.592. The Kier molecular flexibility index (Phi) is 4.17. The highest BCUT2D eigenvalue weighted by Gasteiger charge is 2.06. The Bertz CT molecular complexity index is 377. The van der Waals surface area contributed by atoms with Gasteiger partial charge in [-0.15, -0.1) is 0 Å². The van der Waals surface area contributed by atoms with Crippen LogP contribution in [0.25, 0.3) is 0 Å². The summed E-state index contributed by atoms with van der Waals surface area (Å²) in [7, 11) is 2.09. The van der Waals surface area contributed by atoms with Crippen LogP contribution in [0.2, 0.25) is 0 Å². The van der Waals surface area contributed by atoms with E-state index < -0.39 is 0 Å². The summed E-state index contributed by atoms with van der Waals surface area (Å²) in [6.07, 6.45) is 0. The SMILES string of the molecule is C=C(C)N(C)Cc1cc(C(C)C)ccc1C. The van der Waals surface area contributed by atoms with Gasteiger partial charge >= 0.3 is 0 Å². The first kappa shape index (κ1) is 12.8. The minimum Gasteiger partial charge on any atom is -0.374 e. The Hall–Kier alpha value is -1.24. The van der Waals surface area contributed by atoms with E-state index in [0.717, 1.165) is 12.2 Å². The molecule has 16 heavy (non-hydrogen) atoms. The molecule has 1 heteroatoms. The van der Waals surface area contributed by atoms with Gasteiger partial charge in [0.25, 0.3) is 0 Å². The second-order valence-electron chi connectivity index (χ2n) is 4.93. The van der Waals surface area contributed by atoms with Crippen molar-refractivity contribution in [2.75, 3.05) is 7.05 Å². The van der Waals surface area contributed by atoms with Gasteiger partial charge in [0.2, 0.25) is 0 Å². The molecule has 1 aromatic carbocycles. The molecule has 0 radical (unpaired) electrons. The Labute approximate surface area is 99.8 Å². The molecule has 0 aliphatic heterocycles. The first-order valence-corrected chi connectivity index (χ1v) is 5.88. The molecule has 1 nitrogen and oxygen atoms in total. The predicted octanol–water partition coefficient (Wildman–Crippen LogP) is 4.08. The van der Waals surface area contributed by atoms with Crippen LogP contribution in [-0.2, 0) is 6.54 Å². The van der Waals surface area contributed by atoms with Crippen molar-refractivity contribution < 1.29 is 0 Å². The van der Waals surface area contributed by atoms with Gasteiger partial charge in [0, 0.05) is 19.3 Å². The van der Waals surface area contributed by atoms with Crippen molar-refractivity contribution in [2.24, 2.45) is 0 Å². The number of aryl methyl sites for hydroxylation is 1. The molecule has 1 rings (SSSR count). The zero-order chi connectivity index (χ0) is 12.3. The molecule has 0 aliphatic rings. The second kappa shape index (κ2) is 5.20. The van der Waals surface area contributed by atoms with E-state index in [0.29, 0.717) is 5.92 Å². The van der Waals surface area contributed by atoms with Crippen molar-refractivity contribution in [1.82, 2.24) is 4.90 Å². The standard InChI is InChI=1S/C15H23N/c1-11(2)14-8-7-13(5)15(9-14)10-16(6)12(3)4/h7-9,11H,3,10H2,1-2,4-6H3. The highest BCUT2D eigenvalue weighted by atomic mass is 15.1. The molecule has 0 heterocycles. The summed E-state index contributed by atoms with van der Waals surface area (Å²) < 4.78 is 0. The topological polar surface area (TPSA) is 3.24 Å². The number of rotatable bonds is 4. The summed E-state index contributed by atoms with van der Waals surface area (Å²) in [4.78, 5) is 2.19. The van der Waals surface area contributed by atoms with Crippen LogP contribution in [0.3, 0.4) is 0 Å². The van der Waals surface area contributed by atoms with Crippen LogP contribution in [0.1, 0.15) is 43.4 Å². The quantitative estimate of drug-likeness (QED) is 0.734. The summed E-state index contributed by atoms with van der Waals surface area (Å²) in [6, 6.07) is 6.76. The van der Waals surface area contributed by atoms with Crippen molar-refractivity contribution in [3.63, 3.8) is 0 Å². The molecule has 1 aromatic rings. The van der Waals surface area contributed by atoms with Crippen LogP contribution in [0, 0.1) is 6.92 Å². The van der Waals surface area contributed by atoms with Crippen molar-refractivity contribution in [3.8, 4) is 0 Å². The summed E-state index contributed by atoms with van der Waals surface area (Å²) >= 11 is 0. The van der Waals surface area contributed by atoms with Crippen LogP contribution >= 0.6 is 0 Å². The van der Waals surface area contributed by atoms with E-state index in [1.807, 2.05) is 6.92 Å². The second-order valence-corrected chi connectivity index (χ2v) is 4.93. The molecule has 0 aliphatic carbocycles. The van der Waals surface area contributed by atoms with E-state index in [9.17, 15) is 0 Å². The molecule has 0 spiro atoms. The fourth-order valence-corrected chi connectivity index (χ4v) is 1.61. The van der Waals surface area contributed by atoms with E-state index in [-0.39, 0.29) is 0 Å². The minimum absolute atomic E-state index is 0.592. The van der Waals surface area contributed by atoms with E-state index in [1.165, 1.54) is 16.7 Å². The number of hydrogen-bond donors (Lipinski definition) is 0. The normalized spacial score (nSPS) is 10.6. The van der Waals surface area contributed by atoms with Crippen LogP contribution in [0.5, 0.6) is 0 Å². The molecule has 0 N–H and O–H groups in total. The van der Waals surface area contributed by atoms with Crippen LogP contribution < -0.4 is 0 Å². The third-order valence-electron chi connectivity index (χ3n) is 3.10. The first-order chi connectivity index (χ1) is 7.41. The molecule has 0 amide bonds. The lowest BCUT2D eigenvalue weighted by atomic mass is 9.97. The van der Waals surface area contributed by atoms with Gasteiger partial charge in [-0.3, -0.25) is 0 Å². The maximum Gasteiger partial charge on any atom is 0.0425 e. The lowest BCUT2D eigenvalue weighted by Gasteiger charge is -2.21. The van der Waals surface area contributed by atoms with Crippen LogP contribution in [-0.4, -0.2) is 11.9 Å². The van der Waals surface area contributed by atoms with Crippen molar-refractivity contribution in [2.45, 2.75) is 40.2 Å². The number of allylic oxidation sites excluding steroid dienone is 1. The van der Waals surface area contributed by atoms with Gasteiger partial charge in [-0.2, -0.15) is 0 Å². The number of nitrogens with zero attached hydrogens (tertiary/aromatic N) is 1. The van der Waals surface area contributed by atoms with E-state index >= 15 is 0 Å². The van der Waals surface area contributed by atoms with Crippen molar-refractivity contribution in [3.05, 3.63) is 47.2 Å². The molecule has 0 bridgehead atoms. The van der Waals surface area contributed by atoms with Gasteiger partial charge in [-0.05, 0) is 36.5 Å². The molecule has 0 saturated carbocycles. The Balaban J connectivity index is 2.94. The molecule has 0 fully saturated rings. The lowest BCUT2D eigenvalue weighted by Crippen LogP contribution is -2.15. The van der Waals surface area contributed by atoms with E-state index in [2.05, 4.69) is 57.5 Å².